The minimum atomic E-state index is -0.741. The van der Waals surface area contributed by atoms with Crippen LogP contribution in [0.4, 0.5) is 0 Å². The minimum absolute atomic E-state index is 0.0753. The molecule has 0 unspecified atom stereocenters. The van der Waals surface area contributed by atoms with E-state index in [4.69, 9.17) is 16.3 Å². The van der Waals surface area contributed by atoms with Crippen molar-refractivity contribution >= 4 is 50.1 Å². The van der Waals surface area contributed by atoms with Crippen LogP contribution in [0, 0.1) is 0 Å². The van der Waals surface area contributed by atoms with Crippen LogP contribution >= 0.6 is 27.5 Å². The zero-order valence-electron chi connectivity index (χ0n) is 21.4. The lowest BCUT2D eigenvalue weighted by molar-refractivity contribution is -0.143. The van der Waals surface area contributed by atoms with Gasteiger partial charge in [-0.05, 0) is 69.9 Å². The van der Waals surface area contributed by atoms with E-state index in [-0.39, 0.29) is 31.0 Å². The van der Waals surface area contributed by atoms with Gasteiger partial charge in [0.15, 0.2) is 6.61 Å². The van der Waals surface area contributed by atoms with Crippen molar-refractivity contribution in [1.29, 1.82) is 0 Å². The fourth-order valence-electron chi connectivity index (χ4n) is 4.31. The maximum Gasteiger partial charge on any atom is 0.261 e. The van der Waals surface area contributed by atoms with Crippen molar-refractivity contribution in [2.24, 2.45) is 0 Å². The maximum atomic E-state index is 13.8. The van der Waals surface area contributed by atoms with Gasteiger partial charge in [-0.2, -0.15) is 0 Å². The molecule has 0 saturated heterocycles. The molecule has 5 nitrogen and oxygen atoms in total. The van der Waals surface area contributed by atoms with Gasteiger partial charge in [0.1, 0.15) is 11.8 Å². The number of hydrogen-bond acceptors (Lipinski definition) is 3. The SMILES string of the molecule is CC(C)NC(=O)[C@@H](Cc1ccccc1)N(Cc1cccc(Cl)c1)C(=O)COc1ccc2ccccc2c1Br. The van der Waals surface area contributed by atoms with Crippen molar-refractivity contribution < 1.29 is 14.3 Å². The summed E-state index contributed by atoms with van der Waals surface area (Å²) in [4.78, 5) is 28.8. The normalized spacial score (nSPS) is 11.8. The summed E-state index contributed by atoms with van der Waals surface area (Å²) in [5, 5.41) is 5.61. The van der Waals surface area contributed by atoms with Gasteiger partial charge in [-0.25, -0.2) is 0 Å². The summed E-state index contributed by atoms with van der Waals surface area (Å²) in [5.74, 6) is 0.0435. The predicted molar refractivity (Wildman–Crippen MR) is 156 cm³/mol. The van der Waals surface area contributed by atoms with Gasteiger partial charge in [-0.15, -0.1) is 0 Å². The Morgan fingerprint density at radius 2 is 1.63 bits per heavy atom. The number of nitrogens with zero attached hydrogens (tertiary/aromatic N) is 1. The quantitative estimate of drug-likeness (QED) is 0.220. The number of carbonyl (C=O) groups is 2. The third kappa shape index (κ3) is 7.15. The Morgan fingerprint density at radius 1 is 0.921 bits per heavy atom. The Morgan fingerprint density at radius 3 is 2.37 bits per heavy atom. The predicted octanol–water partition coefficient (Wildman–Crippen LogP) is 6.80. The van der Waals surface area contributed by atoms with Gasteiger partial charge < -0.3 is 15.0 Å². The van der Waals surface area contributed by atoms with Crippen LogP contribution in [-0.2, 0) is 22.6 Å². The van der Waals surface area contributed by atoms with Crippen molar-refractivity contribution in [2.75, 3.05) is 6.61 Å². The van der Waals surface area contributed by atoms with Crippen molar-refractivity contribution in [3.05, 3.63) is 112 Å². The average Bonchev–Trinajstić information content (AvgIpc) is 2.90. The molecule has 4 aromatic carbocycles. The highest BCUT2D eigenvalue weighted by Crippen LogP contribution is 2.33. The van der Waals surface area contributed by atoms with Crippen molar-refractivity contribution in [3.63, 3.8) is 0 Å². The summed E-state index contributed by atoms with van der Waals surface area (Å²) < 4.78 is 6.80. The standard InChI is InChI=1S/C31H30BrClN2O3/c1-21(2)34-31(37)27(18-22-9-4-3-5-10-22)35(19-23-11-8-13-25(33)17-23)29(36)20-38-28-16-15-24-12-6-7-14-26(24)30(28)32/h3-17,21,27H,18-20H2,1-2H3,(H,34,37)/t27-/m1/s1. The van der Waals surface area contributed by atoms with Crippen LogP contribution in [0.25, 0.3) is 10.8 Å². The second kappa shape index (κ2) is 12.9. The number of amides is 2. The molecular formula is C31H30BrClN2O3. The van der Waals surface area contributed by atoms with Gasteiger partial charge >= 0.3 is 0 Å². The van der Waals surface area contributed by atoms with Crippen LogP contribution in [-0.4, -0.2) is 35.4 Å². The molecule has 0 saturated carbocycles. The average molecular weight is 594 g/mol. The lowest BCUT2D eigenvalue weighted by atomic mass is 10.0. The van der Waals surface area contributed by atoms with Crippen LogP contribution in [0.15, 0.2) is 95.5 Å². The first kappa shape index (κ1) is 27.7. The van der Waals surface area contributed by atoms with Crippen LogP contribution in [0.5, 0.6) is 5.75 Å². The van der Waals surface area contributed by atoms with Crippen LogP contribution in [0.2, 0.25) is 5.02 Å². The van der Waals surface area contributed by atoms with Gasteiger partial charge in [0.05, 0.1) is 4.47 Å². The number of carbonyl (C=O) groups excluding carboxylic acids is 2. The number of ether oxygens (including phenoxy) is 1. The molecule has 2 amide bonds. The Bertz CT molecular complexity index is 1410. The van der Waals surface area contributed by atoms with Gasteiger partial charge in [0, 0.05) is 24.0 Å². The molecule has 1 atom stereocenters. The molecule has 196 valence electrons. The van der Waals surface area contributed by atoms with E-state index < -0.39 is 6.04 Å². The molecule has 0 fully saturated rings. The topological polar surface area (TPSA) is 58.6 Å². The number of hydrogen-bond donors (Lipinski definition) is 1. The second-order valence-corrected chi connectivity index (χ2v) is 10.6. The molecule has 0 aliphatic carbocycles. The molecule has 0 spiro atoms. The first-order valence-corrected chi connectivity index (χ1v) is 13.7. The van der Waals surface area contributed by atoms with Gasteiger partial charge in [-0.3, -0.25) is 9.59 Å². The number of halogens is 2. The highest BCUT2D eigenvalue weighted by Gasteiger charge is 2.31. The summed E-state index contributed by atoms with van der Waals surface area (Å²) in [6.07, 6.45) is 0.366. The molecule has 0 aliphatic heterocycles. The third-order valence-corrected chi connectivity index (χ3v) is 7.18. The molecule has 4 rings (SSSR count). The van der Waals surface area contributed by atoms with Crippen LogP contribution < -0.4 is 10.1 Å². The molecule has 7 heteroatoms. The molecule has 4 aromatic rings. The molecule has 0 aromatic heterocycles. The van der Waals surface area contributed by atoms with E-state index >= 15 is 0 Å². The molecule has 0 radical (unpaired) electrons. The summed E-state index contributed by atoms with van der Waals surface area (Å²) in [7, 11) is 0. The Hall–Kier alpha value is -3.35. The third-order valence-electron chi connectivity index (χ3n) is 6.12. The Labute approximate surface area is 236 Å². The van der Waals surface area contributed by atoms with E-state index in [0.717, 1.165) is 26.4 Å². The Balaban J connectivity index is 1.64. The number of nitrogens with one attached hydrogen (secondary N) is 1. The van der Waals surface area contributed by atoms with Crippen LogP contribution in [0.1, 0.15) is 25.0 Å². The molecule has 0 aliphatic rings. The fourth-order valence-corrected chi connectivity index (χ4v) is 5.13. The molecule has 38 heavy (non-hydrogen) atoms. The lowest BCUT2D eigenvalue weighted by Crippen LogP contribution is -2.52. The first-order valence-electron chi connectivity index (χ1n) is 12.5. The zero-order valence-corrected chi connectivity index (χ0v) is 23.7. The van der Waals surface area contributed by atoms with E-state index in [2.05, 4.69) is 21.2 Å². The lowest BCUT2D eigenvalue weighted by Gasteiger charge is -2.32. The monoisotopic (exact) mass is 592 g/mol. The van der Waals surface area contributed by atoms with Crippen molar-refractivity contribution in [3.8, 4) is 5.75 Å². The van der Waals surface area contributed by atoms with E-state index in [0.29, 0.717) is 17.2 Å². The molecule has 0 heterocycles. The summed E-state index contributed by atoms with van der Waals surface area (Å²) in [5.41, 5.74) is 1.78. The number of fused-ring (bicyclic) bond motifs is 1. The van der Waals surface area contributed by atoms with Crippen LogP contribution in [0.3, 0.4) is 0 Å². The summed E-state index contributed by atoms with van der Waals surface area (Å²) >= 11 is 9.87. The van der Waals surface area contributed by atoms with E-state index in [9.17, 15) is 9.59 Å². The smallest absolute Gasteiger partial charge is 0.261 e. The first-order chi connectivity index (χ1) is 18.3. The van der Waals surface area contributed by atoms with Gasteiger partial charge in [-0.1, -0.05) is 84.4 Å². The molecule has 0 bridgehead atoms. The maximum absolute atomic E-state index is 13.8. The minimum Gasteiger partial charge on any atom is -0.483 e. The number of rotatable bonds is 10. The van der Waals surface area contributed by atoms with Gasteiger partial charge in [0.2, 0.25) is 5.91 Å². The summed E-state index contributed by atoms with van der Waals surface area (Å²) in [6.45, 7) is 3.80. The Kier molecular flexibility index (Phi) is 9.43. The largest absolute Gasteiger partial charge is 0.483 e. The van der Waals surface area contributed by atoms with Crippen molar-refractivity contribution in [2.45, 2.75) is 38.9 Å². The van der Waals surface area contributed by atoms with Crippen molar-refractivity contribution in [1.82, 2.24) is 10.2 Å². The van der Waals surface area contributed by atoms with E-state index in [1.807, 2.05) is 98.8 Å². The van der Waals surface area contributed by atoms with Gasteiger partial charge in [0.25, 0.3) is 5.91 Å². The van der Waals surface area contributed by atoms with E-state index in [1.165, 1.54) is 0 Å². The second-order valence-electron chi connectivity index (χ2n) is 9.41. The fraction of sp³-hybridized carbons (Fsp3) is 0.226. The zero-order chi connectivity index (χ0) is 27.1. The number of benzene rings is 4. The highest BCUT2D eigenvalue weighted by molar-refractivity contribution is 9.10. The summed E-state index contributed by atoms with van der Waals surface area (Å²) in [6, 6.07) is 27.9. The highest BCUT2D eigenvalue weighted by atomic mass is 79.9. The van der Waals surface area contributed by atoms with E-state index in [1.54, 1.807) is 11.0 Å². The molecule has 1 N–H and O–H groups in total. The molecular weight excluding hydrogens is 564 g/mol.